The smallest absolute Gasteiger partial charge is 0.0583 e. The van der Waals surface area contributed by atoms with Gasteiger partial charge in [0.15, 0.2) is 0 Å². The first kappa shape index (κ1) is 33.9. The van der Waals surface area contributed by atoms with Crippen LogP contribution in [0, 0.1) is 0 Å². The van der Waals surface area contributed by atoms with Crippen molar-refractivity contribution in [3.63, 3.8) is 0 Å². The van der Waals surface area contributed by atoms with Gasteiger partial charge in [-0.2, -0.15) is 0 Å². The fraction of sp³-hybridized carbons (Fsp3) is 0.0545. The van der Waals surface area contributed by atoms with Crippen molar-refractivity contribution in [2.75, 3.05) is 9.80 Å². The quantitative estimate of drug-likeness (QED) is 0.161. The van der Waals surface area contributed by atoms with Gasteiger partial charge in [0, 0.05) is 44.6 Å². The molecule has 1 aromatic heterocycles. The molecule has 1 aliphatic rings. The fourth-order valence-electron chi connectivity index (χ4n) is 9.48. The summed E-state index contributed by atoms with van der Waals surface area (Å²) >= 11 is 0. The summed E-state index contributed by atoms with van der Waals surface area (Å²) in [5, 5.41) is 4.96. The molecule has 1 aliphatic carbocycles. The van der Waals surface area contributed by atoms with Crippen LogP contribution in [0.15, 0.2) is 212 Å². The van der Waals surface area contributed by atoms with E-state index < -0.39 is 0 Å². The summed E-state index contributed by atoms with van der Waals surface area (Å²) in [7, 11) is 0. The monoisotopic (exact) mass is 743 g/mol. The zero-order valence-corrected chi connectivity index (χ0v) is 32.5. The second kappa shape index (κ2) is 13.4. The van der Waals surface area contributed by atoms with Crippen molar-refractivity contribution in [2.45, 2.75) is 19.3 Å². The van der Waals surface area contributed by atoms with Crippen LogP contribution in [0.2, 0.25) is 0 Å². The molecule has 10 aromatic rings. The van der Waals surface area contributed by atoms with Crippen molar-refractivity contribution in [3.05, 3.63) is 223 Å². The third-order valence-electron chi connectivity index (χ3n) is 12.1. The number of hydrogen-bond donors (Lipinski definition) is 0. The predicted molar refractivity (Wildman–Crippen MR) is 245 cm³/mol. The summed E-state index contributed by atoms with van der Waals surface area (Å²) in [6.45, 7) is 4.73. The normalized spacial score (nSPS) is 12.8. The van der Waals surface area contributed by atoms with Crippen LogP contribution in [-0.4, -0.2) is 4.57 Å². The Morgan fingerprint density at radius 2 is 0.948 bits per heavy atom. The SMILES string of the molecule is CC1(C)c2ccc(N(c3ccccc3)c3cc(N(c4ccccc4)c4ccccc4)c4c5ccccc5n(-c5ccccc5)c4c3)cc2-c2c1ccc1ccccc21. The maximum atomic E-state index is 2.44. The Morgan fingerprint density at radius 3 is 1.62 bits per heavy atom. The Hall–Kier alpha value is -7.36. The van der Waals surface area contributed by atoms with E-state index in [0.717, 1.165) is 50.8 Å². The highest BCUT2D eigenvalue weighted by Gasteiger charge is 2.37. The number of aromatic nitrogens is 1. The molecule has 0 aliphatic heterocycles. The molecule has 0 amide bonds. The van der Waals surface area contributed by atoms with Crippen LogP contribution in [0.4, 0.5) is 34.1 Å². The van der Waals surface area contributed by atoms with E-state index >= 15 is 0 Å². The first-order valence-corrected chi connectivity index (χ1v) is 20.1. The zero-order chi connectivity index (χ0) is 38.8. The molecule has 0 spiro atoms. The maximum Gasteiger partial charge on any atom is 0.0583 e. The van der Waals surface area contributed by atoms with Crippen LogP contribution >= 0.6 is 0 Å². The average Bonchev–Trinajstić information content (AvgIpc) is 3.73. The molecule has 0 radical (unpaired) electrons. The van der Waals surface area contributed by atoms with Gasteiger partial charge in [0.2, 0.25) is 0 Å². The first-order chi connectivity index (χ1) is 28.6. The highest BCUT2D eigenvalue weighted by molar-refractivity contribution is 6.18. The summed E-state index contributed by atoms with van der Waals surface area (Å²) in [6, 6.07) is 77.3. The number of anilines is 6. The fourth-order valence-corrected chi connectivity index (χ4v) is 9.48. The molecule has 276 valence electrons. The van der Waals surface area contributed by atoms with Crippen molar-refractivity contribution in [1.82, 2.24) is 4.57 Å². The number of nitrogens with zero attached hydrogens (tertiary/aromatic N) is 3. The van der Waals surface area contributed by atoms with Gasteiger partial charge in [0.1, 0.15) is 0 Å². The minimum absolute atomic E-state index is 0.126. The molecule has 0 unspecified atom stereocenters. The Morgan fingerprint density at radius 1 is 0.397 bits per heavy atom. The summed E-state index contributed by atoms with van der Waals surface area (Å²) in [5.74, 6) is 0. The number of benzene rings is 9. The second-order valence-corrected chi connectivity index (χ2v) is 15.8. The van der Waals surface area contributed by atoms with Crippen LogP contribution < -0.4 is 9.80 Å². The predicted octanol–water partition coefficient (Wildman–Crippen LogP) is 15.2. The highest BCUT2D eigenvalue weighted by Crippen LogP contribution is 2.54. The van der Waals surface area contributed by atoms with Gasteiger partial charge in [0.05, 0.1) is 22.4 Å². The molecular formula is C55H41N3. The number of para-hydroxylation sites is 5. The number of fused-ring (bicyclic) bond motifs is 8. The van der Waals surface area contributed by atoms with Gasteiger partial charge in [0.25, 0.3) is 0 Å². The molecule has 0 atom stereocenters. The molecule has 11 rings (SSSR count). The molecular weight excluding hydrogens is 703 g/mol. The van der Waals surface area contributed by atoms with Gasteiger partial charge in [-0.05, 0) is 112 Å². The van der Waals surface area contributed by atoms with Crippen LogP contribution in [-0.2, 0) is 5.41 Å². The summed E-state index contributed by atoms with van der Waals surface area (Å²) in [6.07, 6.45) is 0. The third kappa shape index (κ3) is 5.28. The standard InChI is InChI=1S/C55H41N3/c1-55(2)48-34-32-43(35-47(48)53-45-28-16-15-19-38(45)31-33-49(53)55)56(39-20-7-3-8-21-39)44-36-51(57(40-22-9-4-10-23-40)41-24-11-5-12-25-41)54-46-29-17-18-30-50(46)58(52(54)37-44)42-26-13-6-14-27-42/h3-37H,1-2H3. The maximum absolute atomic E-state index is 2.44. The zero-order valence-electron chi connectivity index (χ0n) is 32.5. The minimum Gasteiger partial charge on any atom is -0.310 e. The van der Waals surface area contributed by atoms with Gasteiger partial charge in [-0.3, -0.25) is 0 Å². The molecule has 1 heterocycles. The molecule has 9 aromatic carbocycles. The molecule has 3 heteroatoms. The van der Waals surface area contributed by atoms with E-state index in [1.165, 1.54) is 43.8 Å². The van der Waals surface area contributed by atoms with E-state index in [0.29, 0.717) is 0 Å². The topological polar surface area (TPSA) is 11.4 Å². The van der Waals surface area contributed by atoms with Crippen molar-refractivity contribution in [2.24, 2.45) is 0 Å². The Labute approximate surface area is 339 Å². The number of hydrogen-bond acceptors (Lipinski definition) is 2. The third-order valence-corrected chi connectivity index (χ3v) is 12.1. The van der Waals surface area contributed by atoms with Crippen molar-refractivity contribution in [3.8, 4) is 16.8 Å². The van der Waals surface area contributed by atoms with Gasteiger partial charge < -0.3 is 14.4 Å². The van der Waals surface area contributed by atoms with Crippen LogP contribution in [0.5, 0.6) is 0 Å². The number of rotatable bonds is 7. The Kier molecular flexibility index (Phi) is 7.84. The van der Waals surface area contributed by atoms with Gasteiger partial charge >= 0.3 is 0 Å². The van der Waals surface area contributed by atoms with E-state index in [2.05, 4.69) is 241 Å². The van der Waals surface area contributed by atoms with Crippen LogP contribution in [0.3, 0.4) is 0 Å². The lowest BCUT2D eigenvalue weighted by atomic mass is 9.82. The molecule has 0 fully saturated rings. The van der Waals surface area contributed by atoms with E-state index in [4.69, 9.17) is 0 Å². The molecule has 0 saturated carbocycles. The lowest BCUT2D eigenvalue weighted by molar-refractivity contribution is 0.661. The van der Waals surface area contributed by atoms with E-state index in [1.54, 1.807) is 0 Å². The first-order valence-electron chi connectivity index (χ1n) is 20.1. The van der Waals surface area contributed by atoms with Gasteiger partial charge in [-0.25, -0.2) is 0 Å². The molecule has 0 N–H and O–H groups in total. The lowest BCUT2D eigenvalue weighted by Crippen LogP contribution is -2.16. The average molecular weight is 744 g/mol. The van der Waals surface area contributed by atoms with Gasteiger partial charge in [-0.15, -0.1) is 0 Å². The van der Waals surface area contributed by atoms with Crippen molar-refractivity contribution >= 4 is 66.7 Å². The molecule has 0 bridgehead atoms. The Balaban J connectivity index is 1.25. The van der Waals surface area contributed by atoms with E-state index in [-0.39, 0.29) is 5.41 Å². The van der Waals surface area contributed by atoms with Crippen molar-refractivity contribution in [1.29, 1.82) is 0 Å². The van der Waals surface area contributed by atoms with Gasteiger partial charge in [-0.1, -0.05) is 147 Å². The lowest BCUT2D eigenvalue weighted by Gasteiger charge is -2.31. The van der Waals surface area contributed by atoms with E-state index in [1.807, 2.05) is 0 Å². The summed E-state index contributed by atoms with van der Waals surface area (Å²) in [5.41, 5.74) is 15.2. The summed E-state index contributed by atoms with van der Waals surface area (Å²) in [4.78, 5) is 4.87. The largest absolute Gasteiger partial charge is 0.310 e. The molecule has 58 heavy (non-hydrogen) atoms. The summed E-state index contributed by atoms with van der Waals surface area (Å²) < 4.78 is 2.43. The molecule has 0 saturated heterocycles. The van der Waals surface area contributed by atoms with Crippen LogP contribution in [0.25, 0.3) is 49.4 Å². The van der Waals surface area contributed by atoms with E-state index in [9.17, 15) is 0 Å². The van der Waals surface area contributed by atoms with Crippen LogP contribution in [0.1, 0.15) is 25.0 Å². The second-order valence-electron chi connectivity index (χ2n) is 15.8. The highest BCUT2D eigenvalue weighted by atomic mass is 15.2. The minimum atomic E-state index is -0.126. The Bertz CT molecular complexity index is 3090. The molecule has 3 nitrogen and oxygen atoms in total. The van der Waals surface area contributed by atoms with Crippen molar-refractivity contribution < 1.29 is 0 Å².